The minimum Gasteiger partial charge on any atom is -0.345 e. The molecule has 0 bridgehead atoms. The number of H-pyrrole nitrogens is 1. The van der Waals surface area contributed by atoms with Crippen LogP contribution in [0.1, 0.15) is 37.7 Å². The number of carbonyl (C=O) groups excluding carboxylic acids is 1. The van der Waals surface area contributed by atoms with Gasteiger partial charge in [-0.15, -0.1) is 11.3 Å². The summed E-state index contributed by atoms with van der Waals surface area (Å²) in [5.74, 6) is 1.37. The highest BCUT2D eigenvalue weighted by Gasteiger charge is 2.34. The van der Waals surface area contributed by atoms with Gasteiger partial charge in [-0.1, -0.05) is 6.07 Å². The van der Waals surface area contributed by atoms with Crippen molar-refractivity contribution >= 4 is 17.2 Å². The smallest absolute Gasteiger partial charge is 0.223 e. The molecule has 1 atom stereocenters. The van der Waals surface area contributed by atoms with Crippen LogP contribution in [0.3, 0.4) is 0 Å². The molecule has 0 saturated carbocycles. The fourth-order valence-corrected chi connectivity index (χ4v) is 3.52. The van der Waals surface area contributed by atoms with E-state index in [1.54, 1.807) is 11.3 Å². The van der Waals surface area contributed by atoms with Gasteiger partial charge in [-0.3, -0.25) is 4.79 Å². The van der Waals surface area contributed by atoms with E-state index in [2.05, 4.69) is 30.3 Å². The van der Waals surface area contributed by atoms with Crippen molar-refractivity contribution in [3.63, 3.8) is 0 Å². The topological polar surface area (TPSA) is 49.0 Å². The molecule has 1 fully saturated rings. The molecule has 1 aliphatic rings. The summed E-state index contributed by atoms with van der Waals surface area (Å²) >= 11 is 1.69. The first kappa shape index (κ1) is 13.4. The van der Waals surface area contributed by atoms with Crippen LogP contribution in [0, 0.1) is 6.92 Å². The molecule has 4 nitrogen and oxygen atoms in total. The number of carbonyl (C=O) groups is 1. The third-order valence-electron chi connectivity index (χ3n) is 3.83. The Morgan fingerprint density at radius 3 is 2.90 bits per heavy atom. The van der Waals surface area contributed by atoms with Crippen molar-refractivity contribution in [2.45, 2.75) is 39.2 Å². The molecule has 0 aromatic carbocycles. The Labute approximate surface area is 122 Å². The van der Waals surface area contributed by atoms with E-state index in [1.807, 2.05) is 17.9 Å². The Bertz CT molecular complexity index is 615. The predicted octanol–water partition coefficient (Wildman–Crippen LogP) is 3.17. The first-order valence-corrected chi connectivity index (χ1v) is 7.84. The molecular weight excluding hydrogens is 270 g/mol. The number of aryl methyl sites for hydroxylation is 1. The highest BCUT2D eigenvalue weighted by atomic mass is 32.1. The van der Waals surface area contributed by atoms with Crippen LogP contribution in [-0.2, 0) is 4.79 Å². The highest BCUT2D eigenvalue weighted by Crippen LogP contribution is 2.32. The summed E-state index contributed by atoms with van der Waals surface area (Å²) in [5.41, 5.74) is 2.10. The van der Waals surface area contributed by atoms with E-state index in [0.29, 0.717) is 6.42 Å². The molecule has 2 aromatic rings. The minimum absolute atomic E-state index is 0.192. The second-order valence-electron chi connectivity index (χ2n) is 5.61. The fourth-order valence-electron chi connectivity index (χ4n) is 2.74. The molecule has 3 heterocycles. The van der Waals surface area contributed by atoms with Crippen LogP contribution in [0.5, 0.6) is 0 Å². The number of likely N-dealkylation sites (tertiary alicyclic amines) is 1. The summed E-state index contributed by atoms with van der Waals surface area (Å²) in [6.45, 7) is 6.94. The first-order valence-electron chi connectivity index (χ1n) is 6.96. The predicted molar refractivity (Wildman–Crippen MR) is 80.8 cm³/mol. The molecule has 20 heavy (non-hydrogen) atoms. The Hall–Kier alpha value is -1.62. The summed E-state index contributed by atoms with van der Waals surface area (Å²) < 4.78 is 0. The van der Waals surface area contributed by atoms with Gasteiger partial charge in [-0.25, -0.2) is 4.98 Å². The van der Waals surface area contributed by atoms with Crippen LogP contribution < -0.4 is 0 Å². The van der Waals surface area contributed by atoms with Crippen molar-refractivity contribution in [1.82, 2.24) is 14.9 Å². The van der Waals surface area contributed by atoms with Gasteiger partial charge in [0, 0.05) is 30.6 Å². The Morgan fingerprint density at radius 1 is 1.50 bits per heavy atom. The summed E-state index contributed by atoms with van der Waals surface area (Å²) in [5, 5.41) is 2.06. The third kappa shape index (κ3) is 2.26. The second kappa shape index (κ2) is 5.05. The number of thiophene rings is 1. The second-order valence-corrected chi connectivity index (χ2v) is 6.56. The lowest BCUT2D eigenvalue weighted by atomic mass is 10.1. The fraction of sp³-hybridized carbons (Fsp3) is 0.467. The van der Waals surface area contributed by atoms with E-state index in [4.69, 9.17) is 4.98 Å². The zero-order valence-electron chi connectivity index (χ0n) is 12.0. The van der Waals surface area contributed by atoms with Crippen molar-refractivity contribution in [3.05, 3.63) is 29.0 Å². The van der Waals surface area contributed by atoms with Gasteiger partial charge < -0.3 is 9.88 Å². The van der Waals surface area contributed by atoms with Gasteiger partial charge in [0.1, 0.15) is 11.5 Å². The summed E-state index contributed by atoms with van der Waals surface area (Å²) in [4.78, 5) is 23.2. The van der Waals surface area contributed by atoms with Crippen molar-refractivity contribution in [2.75, 3.05) is 6.54 Å². The zero-order valence-corrected chi connectivity index (χ0v) is 12.8. The average molecular weight is 289 g/mol. The van der Waals surface area contributed by atoms with Gasteiger partial charge in [-0.2, -0.15) is 0 Å². The standard InChI is InChI=1S/C15H19N3OS/c1-9(2)18-8-11(7-13(18)19)15-16-10(3)14(17-15)12-5-4-6-20-12/h4-6,9,11H,7-8H2,1-3H3,(H,16,17). The number of hydrogen-bond donors (Lipinski definition) is 1. The lowest BCUT2D eigenvalue weighted by molar-refractivity contribution is -0.129. The van der Waals surface area contributed by atoms with Crippen molar-refractivity contribution in [2.24, 2.45) is 0 Å². The normalized spacial score (nSPS) is 19.3. The number of aromatic nitrogens is 2. The molecule has 1 saturated heterocycles. The van der Waals surface area contributed by atoms with Gasteiger partial charge in [0.05, 0.1) is 4.88 Å². The van der Waals surface area contributed by atoms with Crippen molar-refractivity contribution in [1.29, 1.82) is 0 Å². The number of amides is 1. The van der Waals surface area contributed by atoms with E-state index in [9.17, 15) is 4.79 Å². The minimum atomic E-state index is 0.192. The molecule has 5 heteroatoms. The van der Waals surface area contributed by atoms with Gasteiger partial charge in [0.2, 0.25) is 5.91 Å². The Kier molecular flexibility index (Phi) is 3.38. The number of nitrogens with one attached hydrogen (secondary N) is 1. The molecule has 2 aromatic heterocycles. The molecule has 1 unspecified atom stereocenters. The molecular formula is C15H19N3OS. The van der Waals surface area contributed by atoms with E-state index in [1.165, 1.54) is 4.88 Å². The van der Waals surface area contributed by atoms with Gasteiger partial charge in [0.15, 0.2) is 0 Å². The molecule has 1 amide bonds. The van der Waals surface area contributed by atoms with Crippen molar-refractivity contribution < 1.29 is 4.79 Å². The van der Waals surface area contributed by atoms with Crippen LogP contribution in [0.15, 0.2) is 17.5 Å². The van der Waals surface area contributed by atoms with Crippen LogP contribution in [0.25, 0.3) is 10.6 Å². The SMILES string of the molecule is Cc1[nH]c(C2CC(=O)N(C(C)C)C2)nc1-c1cccs1. The van der Waals surface area contributed by atoms with E-state index >= 15 is 0 Å². The average Bonchev–Trinajstić information content (AvgIpc) is 3.07. The zero-order chi connectivity index (χ0) is 14.3. The largest absolute Gasteiger partial charge is 0.345 e. The van der Waals surface area contributed by atoms with Crippen LogP contribution >= 0.6 is 11.3 Å². The van der Waals surface area contributed by atoms with Gasteiger partial charge in [0.25, 0.3) is 0 Å². The number of nitrogens with zero attached hydrogens (tertiary/aromatic N) is 2. The maximum absolute atomic E-state index is 12.0. The van der Waals surface area contributed by atoms with Gasteiger partial charge in [-0.05, 0) is 32.2 Å². The van der Waals surface area contributed by atoms with E-state index in [-0.39, 0.29) is 17.9 Å². The van der Waals surface area contributed by atoms with E-state index in [0.717, 1.165) is 23.8 Å². The maximum Gasteiger partial charge on any atom is 0.223 e. The summed E-state index contributed by atoms with van der Waals surface area (Å²) in [7, 11) is 0. The third-order valence-corrected chi connectivity index (χ3v) is 4.70. The molecule has 3 rings (SSSR count). The molecule has 0 radical (unpaired) electrons. The lowest BCUT2D eigenvalue weighted by Crippen LogP contribution is -2.31. The monoisotopic (exact) mass is 289 g/mol. The first-order chi connectivity index (χ1) is 9.56. The Balaban J connectivity index is 1.86. The van der Waals surface area contributed by atoms with Crippen LogP contribution in [-0.4, -0.2) is 33.4 Å². The lowest BCUT2D eigenvalue weighted by Gasteiger charge is -2.20. The van der Waals surface area contributed by atoms with Crippen LogP contribution in [0.2, 0.25) is 0 Å². The number of rotatable bonds is 3. The number of hydrogen-bond acceptors (Lipinski definition) is 3. The summed E-state index contributed by atoms with van der Waals surface area (Å²) in [6, 6.07) is 4.38. The molecule has 1 aliphatic heterocycles. The molecule has 0 spiro atoms. The quantitative estimate of drug-likeness (QED) is 0.943. The molecule has 0 aliphatic carbocycles. The maximum atomic E-state index is 12.0. The van der Waals surface area contributed by atoms with Crippen molar-refractivity contribution in [3.8, 4) is 10.6 Å². The van der Waals surface area contributed by atoms with E-state index < -0.39 is 0 Å². The Morgan fingerprint density at radius 2 is 2.30 bits per heavy atom. The van der Waals surface area contributed by atoms with Gasteiger partial charge >= 0.3 is 0 Å². The molecule has 106 valence electrons. The number of aromatic amines is 1. The molecule has 1 N–H and O–H groups in total. The van der Waals surface area contributed by atoms with Crippen LogP contribution in [0.4, 0.5) is 0 Å². The number of imidazole rings is 1. The summed E-state index contributed by atoms with van der Waals surface area (Å²) in [6.07, 6.45) is 0.564. The highest BCUT2D eigenvalue weighted by molar-refractivity contribution is 7.13.